The molecule has 0 aliphatic carbocycles. The highest BCUT2D eigenvalue weighted by atomic mass is 32.2. The molecule has 0 N–H and O–H groups in total. The van der Waals surface area contributed by atoms with Crippen LogP contribution in [0.1, 0.15) is 25.1 Å². The van der Waals surface area contributed by atoms with E-state index in [-0.39, 0.29) is 11.5 Å². The fourth-order valence-electron chi connectivity index (χ4n) is 3.75. The number of hydrogen-bond acceptors (Lipinski definition) is 6. The van der Waals surface area contributed by atoms with E-state index in [1.165, 1.54) is 16.7 Å². The molecule has 176 valence electrons. The lowest BCUT2D eigenvalue weighted by molar-refractivity contribution is -0.118. The van der Waals surface area contributed by atoms with Crippen LogP contribution in [-0.4, -0.2) is 45.5 Å². The molecule has 0 bridgehead atoms. The fraction of sp³-hybridized carbons (Fsp3) is 0.280. The van der Waals surface area contributed by atoms with Crippen LogP contribution >= 0.6 is 11.8 Å². The van der Waals surface area contributed by atoms with Crippen molar-refractivity contribution in [2.45, 2.75) is 25.5 Å². The van der Waals surface area contributed by atoms with E-state index in [2.05, 4.69) is 10.2 Å². The Bertz CT molecular complexity index is 1330. The van der Waals surface area contributed by atoms with Crippen molar-refractivity contribution < 1.29 is 4.79 Å². The molecule has 2 aromatic carbocycles. The van der Waals surface area contributed by atoms with Crippen LogP contribution in [0.4, 0.5) is 11.4 Å². The third kappa shape index (κ3) is 4.19. The number of amidine groups is 1. The van der Waals surface area contributed by atoms with E-state index in [0.29, 0.717) is 16.5 Å². The first-order chi connectivity index (χ1) is 16.1. The van der Waals surface area contributed by atoms with Gasteiger partial charge in [0.25, 0.3) is 5.56 Å². The Balaban J connectivity index is 1.74. The Kier molecular flexibility index (Phi) is 6.22. The number of anilines is 2. The summed E-state index contributed by atoms with van der Waals surface area (Å²) in [6.45, 7) is 5.48. The lowest BCUT2D eigenvalue weighted by atomic mass is 10.1. The van der Waals surface area contributed by atoms with E-state index < -0.39 is 4.75 Å². The highest BCUT2D eigenvalue weighted by molar-refractivity contribution is 8.16. The standard InChI is InChI=1S/C25H28N6O2S/c1-17-21(22(32)31(29(17)6)20-10-8-7-9-11-20)30-23(33)25(2,3)34-24(30)27-26-16-18-12-14-19(15-13-18)28(4)5/h7-16H,1-6H3/b26-16+,27-24-. The summed E-state index contributed by atoms with van der Waals surface area (Å²) in [4.78, 5) is 30.3. The second-order valence-corrected chi connectivity index (χ2v) is 10.4. The van der Waals surface area contributed by atoms with Gasteiger partial charge in [0.1, 0.15) is 5.69 Å². The van der Waals surface area contributed by atoms with Gasteiger partial charge in [-0.2, -0.15) is 5.10 Å². The summed E-state index contributed by atoms with van der Waals surface area (Å²) in [5.74, 6) is -0.201. The van der Waals surface area contributed by atoms with E-state index in [1.54, 1.807) is 22.6 Å². The number of nitrogens with zero attached hydrogens (tertiary/aromatic N) is 6. The zero-order valence-electron chi connectivity index (χ0n) is 20.2. The van der Waals surface area contributed by atoms with Gasteiger partial charge in [0, 0.05) is 26.8 Å². The van der Waals surface area contributed by atoms with Crippen molar-refractivity contribution in [3.8, 4) is 5.69 Å². The van der Waals surface area contributed by atoms with Crippen LogP contribution < -0.4 is 15.4 Å². The Labute approximate surface area is 203 Å². The summed E-state index contributed by atoms with van der Waals surface area (Å²) in [5, 5.41) is 8.98. The van der Waals surface area contributed by atoms with Gasteiger partial charge in [0.05, 0.1) is 22.3 Å². The Morgan fingerprint density at radius 2 is 1.65 bits per heavy atom. The number of thioether (sulfide) groups is 1. The lowest BCUT2D eigenvalue weighted by Gasteiger charge is -2.16. The van der Waals surface area contributed by atoms with E-state index in [1.807, 2.05) is 94.4 Å². The number of amides is 1. The molecule has 34 heavy (non-hydrogen) atoms. The SMILES string of the molecule is Cc1c(N2C(=O)C(C)(C)S/C2=N\N=C\c2ccc(N(C)C)cc2)c(=O)n(-c2ccccc2)n1C. The number of para-hydroxylation sites is 1. The highest BCUT2D eigenvalue weighted by Crippen LogP contribution is 2.39. The first kappa shape index (κ1) is 23.6. The number of benzene rings is 2. The maximum absolute atomic E-state index is 13.5. The van der Waals surface area contributed by atoms with Crippen LogP contribution in [0.5, 0.6) is 0 Å². The number of carbonyl (C=O) groups is 1. The maximum atomic E-state index is 13.5. The molecular weight excluding hydrogens is 448 g/mol. The molecule has 0 spiro atoms. The number of rotatable bonds is 5. The van der Waals surface area contributed by atoms with Gasteiger partial charge in [-0.15, -0.1) is 5.10 Å². The van der Waals surface area contributed by atoms with E-state index in [4.69, 9.17) is 0 Å². The normalized spacial score (nSPS) is 16.7. The van der Waals surface area contributed by atoms with Crippen LogP contribution in [0.25, 0.3) is 5.69 Å². The monoisotopic (exact) mass is 476 g/mol. The van der Waals surface area contributed by atoms with Crippen molar-refractivity contribution in [1.29, 1.82) is 0 Å². The molecule has 9 heteroatoms. The minimum Gasteiger partial charge on any atom is -0.378 e. The van der Waals surface area contributed by atoms with Crippen molar-refractivity contribution in [3.63, 3.8) is 0 Å². The molecule has 3 aromatic rings. The average molecular weight is 477 g/mol. The van der Waals surface area contributed by atoms with Crippen molar-refractivity contribution in [3.05, 3.63) is 76.2 Å². The van der Waals surface area contributed by atoms with Crippen LogP contribution in [0.2, 0.25) is 0 Å². The molecular formula is C25H28N6O2S. The average Bonchev–Trinajstić information content (AvgIpc) is 3.16. The molecule has 0 radical (unpaired) electrons. The van der Waals surface area contributed by atoms with Gasteiger partial charge in [-0.3, -0.25) is 14.3 Å². The summed E-state index contributed by atoms with van der Waals surface area (Å²) < 4.78 is 2.54. The van der Waals surface area contributed by atoms with Gasteiger partial charge >= 0.3 is 0 Å². The third-order valence-corrected chi connectivity index (χ3v) is 6.89. The van der Waals surface area contributed by atoms with Gasteiger partial charge in [-0.25, -0.2) is 9.58 Å². The van der Waals surface area contributed by atoms with Crippen molar-refractivity contribution in [2.24, 2.45) is 17.3 Å². The number of hydrogen-bond donors (Lipinski definition) is 0. The van der Waals surface area contributed by atoms with Crippen molar-refractivity contribution in [2.75, 3.05) is 23.9 Å². The largest absolute Gasteiger partial charge is 0.378 e. The topological polar surface area (TPSA) is 75.2 Å². The maximum Gasteiger partial charge on any atom is 0.296 e. The smallest absolute Gasteiger partial charge is 0.296 e. The number of aromatic nitrogens is 2. The quantitative estimate of drug-likeness (QED) is 0.415. The molecule has 0 saturated carbocycles. The fourth-order valence-corrected chi connectivity index (χ4v) is 4.74. The molecule has 1 amide bonds. The molecule has 8 nitrogen and oxygen atoms in total. The third-order valence-electron chi connectivity index (χ3n) is 5.76. The van der Waals surface area contributed by atoms with Gasteiger partial charge in [0.15, 0.2) is 5.17 Å². The second-order valence-electron chi connectivity index (χ2n) is 8.78. The summed E-state index contributed by atoms with van der Waals surface area (Å²) in [7, 11) is 5.77. The molecule has 1 fully saturated rings. The van der Waals surface area contributed by atoms with Gasteiger partial charge in [0.2, 0.25) is 5.91 Å². The Morgan fingerprint density at radius 3 is 2.26 bits per heavy atom. The first-order valence-corrected chi connectivity index (χ1v) is 11.7. The molecule has 1 aliphatic rings. The molecule has 1 aromatic heterocycles. The summed E-state index contributed by atoms with van der Waals surface area (Å²) in [6.07, 6.45) is 1.64. The zero-order valence-corrected chi connectivity index (χ0v) is 21.0. The van der Waals surface area contributed by atoms with Crippen molar-refractivity contribution >= 4 is 40.4 Å². The Morgan fingerprint density at radius 1 is 1.00 bits per heavy atom. The van der Waals surface area contributed by atoms with Crippen LogP contribution in [0.15, 0.2) is 69.6 Å². The second kappa shape index (κ2) is 8.98. The minimum absolute atomic E-state index is 0.201. The van der Waals surface area contributed by atoms with Gasteiger partial charge in [-0.05, 0) is 50.6 Å². The summed E-state index contributed by atoms with van der Waals surface area (Å²) >= 11 is 1.30. The van der Waals surface area contributed by atoms with Crippen molar-refractivity contribution in [1.82, 2.24) is 9.36 Å². The highest BCUT2D eigenvalue weighted by Gasteiger charge is 2.47. The van der Waals surface area contributed by atoms with Gasteiger partial charge < -0.3 is 4.90 Å². The van der Waals surface area contributed by atoms with Crippen LogP contribution in [0, 0.1) is 6.92 Å². The summed E-state index contributed by atoms with van der Waals surface area (Å²) in [6, 6.07) is 17.2. The molecule has 2 heterocycles. The zero-order chi connectivity index (χ0) is 24.6. The van der Waals surface area contributed by atoms with Crippen LogP contribution in [0.3, 0.4) is 0 Å². The number of carbonyl (C=O) groups excluding carboxylic acids is 1. The predicted molar refractivity (Wildman–Crippen MR) is 141 cm³/mol. The molecule has 4 rings (SSSR count). The lowest BCUT2D eigenvalue weighted by Crippen LogP contribution is -2.39. The Hall–Kier alpha value is -3.59. The first-order valence-electron chi connectivity index (χ1n) is 10.9. The van der Waals surface area contributed by atoms with Crippen LogP contribution in [-0.2, 0) is 11.8 Å². The van der Waals surface area contributed by atoms with Gasteiger partial charge in [-0.1, -0.05) is 42.1 Å². The summed E-state index contributed by atoms with van der Waals surface area (Å²) in [5.41, 5.74) is 3.37. The molecule has 0 atom stereocenters. The predicted octanol–water partition coefficient (Wildman–Crippen LogP) is 3.80. The van der Waals surface area contributed by atoms with E-state index in [0.717, 1.165) is 16.9 Å². The van der Waals surface area contributed by atoms with E-state index in [9.17, 15) is 9.59 Å². The van der Waals surface area contributed by atoms with E-state index >= 15 is 0 Å². The molecule has 1 aliphatic heterocycles. The minimum atomic E-state index is -0.770. The molecule has 0 unspecified atom stereocenters. The molecule has 1 saturated heterocycles.